The molecule has 1 atom stereocenters. The number of methoxy groups -OCH3 is 1. The number of pyridine rings is 1. The van der Waals surface area contributed by atoms with Crippen molar-refractivity contribution in [3.05, 3.63) is 39.6 Å². The number of hydrogen-bond donors (Lipinski definition) is 1. The summed E-state index contributed by atoms with van der Waals surface area (Å²) in [5.41, 5.74) is 0.323. The van der Waals surface area contributed by atoms with E-state index in [4.69, 9.17) is 4.74 Å². The number of aryl methyl sites for hydroxylation is 1. The first-order valence-electron chi connectivity index (χ1n) is 7.53. The lowest BCUT2D eigenvalue weighted by atomic mass is 10.2. The number of carbonyl (C=O) groups excluding carboxylic acids is 2. The first-order valence-corrected chi connectivity index (χ1v) is 8.35. The summed E-state index contributed by atoms with van der Waals surface area (Å²) >= 11 is 1.39. The Morgan fingerprint density at radius 3 is 2.92 bits per heavy atom. The van der Waals surface area contributed by atoms with Gasteiger partial charge in [-0.1, -0.05) is 0 Å². The van der Waals surface area contributed by atoms with Gasteiger partial charge >= 0.3 is 5.97 Å². The fourth-order valence-corrected chi connectivity index (χ4v) is 3.87. The SMILES string of the molecule is COC(=O)c1nc([C@@H]2CCCN2C(=O)c2ncccc2O)sc1C. The molecule has 1 saturated heterocycles. The second-order valence-electron chi connectivity index (χ2n) is 5.48. The van der Waals surface area contributed by atoms with Crippen molar-refractivity contribution in [2.24, 2.45) is 0 Å². The molecule has 0 saturated carbocycles. The monoisotopic (exact) mass is 347 g/mol. The van der Waals surface area contributed by atoms with Crippen LogP contribution in [0, 0.1) is 6.92 Å². The van der Waals surface area contributed by atoms with Gasteiger partial charge in [-0.05, 0) is 31.9 Å². The molecule has 3 rings (SSSR count). The minimum atomic E-state index is -0.478. The van der Waals surface area contributed by atoms with Gasteiger partial charge in [-0.25, -0.2) is 14.8 Å². The van der Waals surface area contributed by atoms with Gasteiger partial charge in [-0.2, -0.15) is 0 Å². The van der Waals surface area contributed by atoms with E-state index in [9.17, 15) is 14.7 Å². The molecule has 3 heterocycles. The standard InChI is InChI=1S/C16H17N3O4S/c1-9-12(16(22)23-2)18-14(24-9)10-5-4-8-19(10)15(21)13-11(20)6-3-7-17-13/h3,6-7,10,20H,4-5,8H2,1-2H3/t10-/m0/s1. The maximum atomic E-state index is 12.7. The van der Waals surface area contributed by atoms with E-state index in [1.165, 1.54) is 30.7 Å². The highest BCUT2D eigenvalue weighted by atomic mass is 32.1. The second-order valence-corrected chi connectivity index (χ2v) is 6.71. The number of ether oxygens (including phenoxy) is 1. The molecule has 0 aromatic carbocycles. The number of amides is 1. The van der Waals surface area contributed by atoms with Gasteiger partial charge in [-0.15, -0.1) is 11.3 Å². The molecule has 0 radical (unpaired) electrons. The number of esters is 1. The highest BCUT2D eigenvalue weighted by Gasteiger charge is 2.35. The van der Waals surface area contributed by atoms with E-state index in [0.717, 1.165) is 17.7 Å². The summed E-state index contributed by atoms with van der Waals surface area (Å²) in [4.78, 5) is 35.2. The maximum absolute atomic E-state index is 12.7. The van der Waals surface area contributed by atoms with Crippen LogP contribution in [0.15, 0.2) is 18.3 Å². The van der Waals surface area contributed by atoms with Gasteiger partial charge in [0, 0.05) is 17.6 Å². The third kappa shape index (κ3) is 2.84. The lowest BCUT2D eigenvalue weighted by Crippen LogP contribution is -2.31. The predicted octanol–water partition coefficient (Wildman–Crippen LogP) is 2.32. The number of nitrogens with zero attached hydrogens (tertiary/aromatic N) is 3. The molecule has 1 N–H and O–H groups in total. The summed E-state index contributed by atoms with van der Waals surface area (Å²) in [6, 6.07) is 2.79. The van der Waals surface area contributed by atoms with Gasteiger partial charge in [0.05, 0.1) is 13.2 Å². The second kappa shape index (κ2) is 6.56. The Morgan fingerprint density at radius 2 is 2.21 bits per heavy atom. The molecule has 7 nitrogen and oxygen atoms in total. The van der Waals surface area contributed by atoms with Crippen molar-refractivity contribution in [3.8, 4) is 5.75 Å². The first-order chi connectivity index (χ1) is 11.5. The van der Waals surface area contributed by atoms with Crippen molar-refractivity contribution >= 4 is 23.2 Å². The van der Waals surface area contributed by atoms with Crippen LogP contribution in [-0.2, 0) is 4.74 Å². The Kier molecular flexibility index (Phi) is 4.48. The quantitative estimate of drug-likeness (QED) is 0.857. The highest BCUT2D eigenvalue weighted by Crippen LogP contribution is 2.36. The topological polar surface area (TPSA) is 92.6 Å². The number of aromatic nitrogens is 2. The molecule has 1 aliphatic heterocycles. The minimum absolute atomic E-state index is 0.0332. The highest BCUT2D eigenvalue weighted by molar-refractivity contribution is 7.12. The van der Waals surface area contributed by atoms with Crippen molar-refractivity contribution in [1.82, 2.24) is 14.9 Å². The van der Waals surface area contributed by atoms with Crippen LogP contribution in [0.1, 0.15) is 49.7 Å². The van der Waals surface area contributed by atoms with Gasteiger partial charge in [0.2, 0.25) is 0 Å². The number of carbonyl (C=O) groups is 2. The lowest BCUT2D eigenvalue weighted by molar-refractivity contribution is 0.0593. The van der Waals surface area contributed by atoms with Crippen LogP contribution in [0.25, 0.3) is 0 Å². The summed E-state index contributed by atoms with van der Waals surface area (Å²) in [5, 5.41) is 10.6. The van der Waals surface area contributed by atoms with Crippen molar-refractivity contribution in [2.75, 3.05) is 13.7 Å². The molecule has 8 heteroatoms. The smallest absolute Gasteiger partial charge is 0.357 e. The first kappa shape index (κ1) is 16.4. The molecule has 1 amide bonds. The van der Waals surface area contributed by atoms with Crippen LogP contribution in [0.4, 0.5) is 0 Å². The molecule has 2 aromatic heterocycles. The molecule has 24 heavy (non-hydrogen) atoms. The van der Waals surface area contributed by atoms with Crippen LogP contribution in [0.3, 0.4) is 0 Å². The van der Waals surface area contributed by atoms with Gasteiger partial charge in [-0.3, -0.25) is 4.79 Å². The Morgan fingerprint density at radius 1 is 1.42 bits per heavy atom. The zero-order valence-corrected chi connectivity index (χ0v) is 14.2. The third-order valence-corrected chi connectivity index (χ3v) is 5.05. The molecular formula is C16H17N3O4S. The van der Waals surface area contributed by atoms with Crippen LogP contribution in [-0.4, -0.2) is 45.5 Å². The lowest BCUT2D eigenvalue weighted by Gasteiger charge is -2.22. The zero-order valence-electron chi connectivity index (χ0n) is 13.4. The normalized spacial score (nSPS) is 17.1. The maximum Gasteiger partial charge on any atom is 0.357 e. The van der Waals surface area contributed by atoms with E-state index >= 15 is 0 Å². The number of likely N-dealkylation sites (tertiary alicyclic amines) is 1. The minimum Gasteiger partial charge on any atom is -0.505 e. The van der Waals surface area contributed by atoms with E-state index in [1.54, 1.807) is 17.9 Å². The molecule has 0 aliphatic carbocycles. The summed E-state index contributed by atoms with van der Waals surface area (Å²) in [7, 11) is 1.32. The van der Waals surface area contributed by atoms with Crippen LogP contribution in [0.2, 0.25) is 0 Å². The zero-order chi connectivity index (χ0) is 17.3. The number of rotatable bonds is 3. The van der Waals surface area contributed by atoms with Gasteiger partial charge in [0.1, 0.15) is 10.8 Å². The average molecular weight is 347 g/mol. The molecule has 0 bridgehead atoms. The fraction of sp³-hybridized carbons (Fsp3) is 0.375. The summed E-state index contributed by atoms with van der Waals surface area (Å²) in [6.45, 7) is 2.37. The Balaban J connectivity index is 1.90. The van der Waals surface area contributed by atoms with E-state index in [1.807, 2.05) is 0 Å². The molecule has 1 aliphatic rings. The summed E-state index contributed by atoms with van der Waals surface area (Å²) in [6.07, 6.45) is 3.06. The van der Waals surface area contributed by atoms with Crippen molar-refractivity contribution < 1.29 is 19.4 Å². The van der Waals surface area contributed by atoms with Crippen molar-refractivity contribution in [3.63, 3.8) is 0 Å². The van der Waals surface area contributed by atoms with Crippen molar-refractivity contribution in [2.45, 2.75) is 25.8 Å². The number of aromatic hydroxyl groups is 1. The largest absolute Gasteiger partial charge is 0.505 e. The van der Waals surface area contributed by atoms with Gasteiger partial charge < -0.3 is 14.7 Å². The molecule has 2 aromatic rings. The summed E-state index contributed by atoms with van der Waals surface area (Å²) < 4.78 is 4.73. The molecule has 0 spiro atoms. The fourth-order valence-electron chi connectivity index (χ4n) is 2.81. The van der Waals surface area contributed by atoms with E-state index in [-0.39, 0.29) is 29.1 Å². The number of hydrogen-bond acceptors (Lipinski definition) is 7. The summed E-state index contributed by atoms with van der Waals surface area (Å²) in [5.74, 6) is -0.949. The molecule has 126 valence electrons. The Labute approximate surface area is 142 Å². The van der Waals surface area contributed by atoms with E-state index in [2.05, 4.69) is 9.97 Å². The molecule has 0 unspecified atom stereocenters. The van der Waals surface area contributed by atoms with Crippen LogP contribution >= 0.6 is 11.3 Å². The average Bonchev–Trinajstić information content (AvgIpc) is 3.20. The Bertz CT molecular complexity index is 789. The van der Waals surface area contributed by atoms with E-state index < -0.39 is 5.97 Å². The Hall–Kier alpha value is -2.48. The molecular weight excluding hydrogens is 330 g/mol. The van der Waals surface area contributed by atoms with Crippen LogP contribution in [0.5, 0.6) is 5.75 Å². The molecule has 1 fully saturated rings. The van der Waals surface area contributed by atoms with Crippen molar-refractivity contribution in [1.29, 1.82) is 0 Å². The van der Waals surface area contributed by atoms with Crippen LogP contribution < -0.4 is 0 Å². The van der Waals surface area contributed by atoms with Gasteiger partial charge in [0.25, 0.3) is 5.91 Å². The predicted molar refractivity (Wildman–Crippen MR) is 87.1 cm³/mol. The van der Waals surface area contributed by atoms with Gasteiger partial charge in [0.15, 0.2) is 11.4 Å². The third-order valence-electron chi connectivity index (χ3n) is 3.98. The number of thiazole rings is 1. The van der Waals surface area contributed by atoms with E-state index in [0.29, 0.717) is 11.6 Å².